The van der Waals surface area contributed by atoms with Crippen molar-refractivity contribution in [2.24, 2.45) is 0 Å². The SMILES string of the molecule is COC(=O)C1CCN1c1cccc(Oc2ccccc2)c1. The number of benzene rings is 2. The lowest BCUT2D eigenvalue weighted by Gasteiger charge is -2.40. The molecule has 0 saturated carbocycles. The van der Waals surface area contributed by atoms with Gasteiger partial charge in [0.1, 0.15) is 17.5 Å². The lowest BCUT2D eigenvalue weighted by molar-refractivity contribution is -0.143. The van der Waals surface area contributed by atoms with E-state index in [0.717, 1.165) is 30.2 Å². The Morgan fingerprint density at radius 2 is 1.86 bits per heavy atom. The Bertz CT molecular complexity index is 627. The number of rotatable bonds is 4. The quantitative estimate of drug-likeness (QED) is 0.808. The number of nitrogens with zero attached hydrogens (tertiary/aromatic N) is 1. The summed E-state index contributed by atoms with van der Waals surface area (Å²) in [6, 6.07) is 17.2. The predicted molar refractivity (Wildman–Crippen MR) is 80.7 cm³/mol. The molecule has 1 fully saturated rings. The van der Waals surface area contributed by atoms with Crippen LogP contribution in [0.25, 0.3) is 0 Å². The first-order valence-electron chi connectivity index (χ1n) is 6.95. The standard InChI is InChI=1S/C17H17NO3/c1-20-17(19)16-10-11-18(16)13-6-5-9-15(12-13)21-14-7-3-2-4-8-14/h2-9,12,16H,10-11H2,1H3. The van der Waals surface area contributed by atoms with Crippen LogP contribution in [0.2, 0.25) is 0 Å². The van der Waals surface area contributed by atoms with E-state index >= 15 is 0 Å². The summed E-state index contributed by atoms with van der Waals surface area (Å²) in [5.74, 6) is 1.37. The molecule has 1 heterocycles. The molecule has 0 spiro atoms. The molecule has 1 unspecified atom stereocenters. The molecular formula is C17H17NO3. The number of carbonyl (C=O) groups excluding carboxylic acids is 1. The Kier molecular flexibility index (Phi) is 3.77. The molecule has 1 saturated heterocycles. The van der Waals surface area contributed by atoms with Gasteiger partial charge in [-0.1, -0.05) is 24.3 Å². The fourth-order valence-electron chi connectivity index (χ4n) is 2.43. The highest BCUT2D eigenvalue weighted by atomic mass is 16.5. The number of methoxy groups -OCH3 is 1. The molecule has 3 rings (SSSR count). The Morgan fingerprint density at radius 1 is 1.10 bits per heavy atom. The van der Waals surface area contributed by atoms with Crippen LogP contribution in [0.1, 0.15) is 6.42 Å². The number of esters is 1. The minimum atomic E-state index is -0.185. The van der Waals surface area contributed by atoms with Gasteiger partial charge in [0, 0.05) is 18.3 Å². The zero-order chi connectivity index (χ0) is 14.7. The van der Waals surface area contributed by atoms with Crippen molar-refractivity contribution in [1.82, 2.24) is 0 Å². The van der Waals surface area contributed by atoms with Gasteiger partial charge >= 0.3 is 5.97 Å². The van der Waals surface area contributed by atoms with Crippen LogP contribution in [0.4, 0.5) is 5.69 Å². The van der Waals surface area contributed by atoms with Gasteiger partial charge in [-0.3, -0.25) is 0 Å². The second-order valence-electron chi connectivity index (χ2n) is 4.93. The molecule has 0 amide bonds. The zero-order valence-corrected chi connectivity index (χ0v) is 11.9. The van der Waals surface area contributed by atoms with Crippen LogP contribution in [-0.4, -0.2) is 25.7 Å². The number of hydrogen-bond donors (Lipinski definition) is 0. The lowest BCUT2D eigenvalue weighted by Crippen LogP contribution is -2.53. The van der Waals surface area contributed by atoms with E-state index in [1.165, 1.54) is 7.11 Å². The molecule has 1 aliphatic rings. The summed E-state index contributed by atoms with van der Waals surface area (Å²) in [5.41, 5.74) is 0.977. The number of ether oxygens (including phenoxy) is 2. The van der Waals surface area contributed by atoms with Gasteiger partial charge in [-0.15, -0.1) is 0 Å². The third kappa shape index (κ3) is 2.84. The third-order valence-corrected chi connectivity index (χ3v) is 3.62. The maximum Gasteiger partial charge on any atom is 0.328 e. The van der Waals surface area contributed by atoms with E-state index in [4.69, 9.17) is 9.47 Å². The highest BCUT2D eigenvalue weighted by Gasteiger charge is 2.35. The van der Waals surface area contributed by atoms with Crippen molar-refractivity contribution < 1.29 is 14.3 Å². The van der Waals surface area contributed by atoms with Crippen molar-refractivity contribution in [2.45, 2.75) is 12.5 Å². The van der Waals surface area contributed by atoms with Crippen molar-refractivity contribution in [3.8, 4) is 11.5 Å². The van der Waals surface area contributed by atoms with Crippen LogP contribution in [0, 0.1) is 0 Å². The number of anilines is 1. The van der Waals surface area contributed by atoms with Gasteiger partial charge in [0.2, 0.25) is 0 Å². The number of hydrogen-bond acceptors (Lipinski definition) is 4. The van der Waals surface area contributed by atoms with Gasteiger partial charge in [-0.05, 0) is 30.7 Å². The lowest BCUT2D eigenvalue weighted by atomic mass is 10.0. The average molecular weight is 283 g/mol. The van der Waals surface area contributed by atoms with Crippen LogP contribution in [0.3, 0.4) is 0 Å². The maximum atomic E-state index is 11.7. The molecule has 1 atom stereocenters. The molecule has 0 radical (unpaired) electrons. The van der Waals surface area contributed by atoms with Gasteiger partial charge in [0.15, 0.2) is 0 Å². The second-order valence-corrected chi connectivity index (χ2v) is 4.93. The Labute approximate surface area is 123 Å². The van der Waals surface area contributed by atoms with Crippen molar-refractivity contribution in [1.29, 1.82) is 0 Å². The van der Waals surface area contributed by atoms with Crippen molar-refractivity contribution in [2.75, 3.05) is 18.6 Å². The first-order valence-corrected chi connectivity index (χ1v) is 6.95. The minimum Gasteiger partial charge on any atom is -0.467 e. The van der Waals surface area contributed by atoms with Crippen LogP contribution >= 0.6 is 0 Å². The molecule has 2 aromatic carbocycles. The molecule has 0 aromatic heterocycles. The van der Waals surface area contributed by atoms with E-state index in [0.29, 0.717) is 0 Å². The van der Waals surface area contributed by atoms with Crippen molar-refractivity contribution in [3.05, 3.63) is 54.6 Å². The third-order valence-electron chi connectivity index (χ3n) is 3.62. The molecule has 0 bridgehead atoms. The molecular weight excluding hydrogens is 266 g/mol. The minimum absolute atomic E-state index is 0.179. The fraction of sp³-hybridized carbons (Fsp3) is 0.235. The summed E-state index contributed by atoms with van der Waals surface area (Å²) < 4.78 is 10.6. The van der Waals surface area contributed by atoms with Crippen molar-refractivity contribution in [3.63, 3.8) is 0 Å². The summed E-state index contributed by atoms with van der Waals surface area (Å²) in [6.45, 7) is 0.856. The summed E-state index contributed by atoms with van der Waals surface area (Å²) in [7, 11) is 1.42. The summed E-state index contributed by atoms with van der Waals surface area (Å²) in [4.78, 5) is 13.7. The van der Waals surface area contributed by atoms with E-state index in [9.17, 15) is 4.79 Å². The highest BCUT2D eigenvalue weighted by molar-refractivity contribution is 5.82. The summed E-state index contributed by atoms with van der Waals surface area (Å²) in [6.07, 6.45) is 0.830. The van der Waals surface area contributed by atoms with Gasteiger partial charge in [-0.25, -0.2) is 4.79 Å². The summed E-state index contributed by atoms with van der Waals surface area (Å²) in [5, 5.41) is 0. The smallest absolute Gasteiger partial charge is 0.328 e. The van der Waals surface area contributed by atoms with Crippen LogP contribution in [-0.2, 0) is 9.53 Å². The molecule has 2 aromatic rings. The normalized spacial score (nSPS) is 17.0. The summed E-state index contributed by atoms with van der Waals surface area (Å²) >= 11 is 0. The first kappa shape index (κ1) is 13.5. The average Bonchev–Trinajstić information content (AvgIpc) is 2.47. The highest BCUT2D eigenvalue weighted by Crippen LogP contribution is 2.31. The molecule has 0 aliphatic carbocycles. The van der Waals surface area contributed by atoms with E-state index in [-0.39, 0.29) is 12.0 Å². The number of carbonyl (C=O) groups is 1. The molecule has 1 aliphatic heterocycles. The van der Waals surface area contributed by atoms with E-state index < -0.39 is 0 Å². The predicted octanol–water partition coefficient (Wildman–Crippen LogP) is 3.23. The zero-order valence-electron chi connectivity index (χ0n) is 11.9. The van der Waals surface area contributed by atoms with Gasteiger partial charge in [-0.2, -0.15) is 0 Å². The molecule has 108 valence electrons. The van der Waals surface area contributed by atoms with Crippen LogP contribution in [0.5, 0.6) is 11.5 Å². The van der Waals surface area contributed by atoms with E-state index in [1.54, 1.807) is 0 Å². The Balaban J connectivity index is 1.76. The molecule has 4 heteroatoms. The maximum absolute atomic E-state index is 11.7. The van der Waals surface area contributed by atoms with Crippen LogP contribution < -0.4 is 9.64 Å². The van der Waals surface area contributed by atoms with Crippen molar-refractivity contribution >= 4 is 11.7 Å². The van der Waals surface area contributed by atoms with Crippen LogP contribution in [0.15, 0.2) is 54.6 Å². The van der Waals surface area contributed by atoms with E-state index in [1.807, 2.05) is 59.5 Å². The van der Waals surface area contributed by atoms with Gasteiger partial charge in [0.25, 0.3) is 0 Å². The Hall–Kier alpha value is -2.49. The Morgan fingerprint density at radius 3 is 2.52 bits per heavy atom. The topological polar surface area (TPSA) is 38.8 Å². The number of para-hydroxylation sites is 1. The molecule has 4 nitrogen and oxygen atoms in total. The van der Waals surface area contributed by atoms with E-state index in [2.05, 4.69) is 0 Å². The second kappa shape index (κ2) is 5.87. The van der Waals surface area contributed by atoms with Gasteiger partial charge in [0.05, 0.1) is 7.11 Å². The molecule has 21 heavy (non-hydrogen) atoms. The first-order chi connectivity index (χ1) is 10.3. The monoisotopic (exact) mass is 283 g/mol. The van der Waals surface area contributed by atoms with Gasteiger partial charge < -0.3 is 14.4 Å². The molecule has 0 N–H and O–H groups in total. The fourth-order valence-corrected chi connectivity index (χ4v) is 2.43. The largest absolute Gasteiger partial charge is 0.467 e.